The zero-order valence-corrected chi connectivity index (χ0v) is 13.0. The van der Waals surface area contributed by atoms with Crippen LogP contribution in [-0.4, -0.2) is 18.0 Å². The van der Waals surface area contributed by atoms with Crippen LogP contribution in [0.25, 0.3) is 0 Å². The van der Waals surface area contributed by atoms with Crippen LogP contribution < -0.4 is 10.2 Å². The molecule has 0 amide bonds. The van der Waals surface area contributed by atoms with E-state index in [0.29, 0.717) is 6.54 Å². The fourth-order valence-corrected chi connectivity index (χ4v) is 2.89. The van der Waals surface area contributed by atoms with Crippen molar-refractivity contribution in [2.75, 3.05) is 23.3 Å². The average Bonchev–Trinajstić information content (AvgIpc) is 2.97. The molecule has 0 saturated carbocycles. The monoisotopic (exact) mass is 305 g/mol. The van der Waals surface area contributed by atoms with Crippen molar-refractivity contribution >= 4 is 27.7 Å². The maximum Gasteiger partial charge on any atom is 0.324 e. The lowest BCUT2D eigenvalue weighted by molar-refractivity contribution is -0.380. The van der Waals surface area contributed by atoms with Crippen LogP contribution in [0.5, 0.6) is 0 Å². The molecule has 2 rings (SSSR count). The molecule has 6 heteroatoms. The van der Waals surface area contributed by atoms with Gasteiger partial charge in [0.25, 0.3) is 0 Å². The lowest BCUT2D eigenvalue weighted by Crippen LogP contribution is -2.21. The number of rotatable bonds is 7. The molecular weight excluding hydrogens is 286 g/mol. The van der Waals surface area contributed by atoms with Gasteiger partial charge in [-0.3, -0.25) is 10.1 Å². The van der Waals surface area contributed by atoms with Crippen LogP contribution >= 0.6 is 11.3 Å². The van der Waals surface area contributed by atoms with E-state index in [0.717, 1.165) is 23.7 Å². The number of hydrogen-bond acceptors (Lipinski definition) is 5. The van der Waals surface area contributed by atoms with Crippen LogP contribution in [0.3, 0.4) is 0 Å². The van der Waals surface area contributed by atoms with Gasteiger partial charge in [-0.15, -0.1) is 0 Å². The van der Waals surface area contributed by atoms with Gasteiger partial charge in [0, 0.05) is 42.0 Å². The van der Waals surface area contributed by atoms with E-state index in [1.165, 1.54) is 17.0 Å². The summed E-state index contributed by atoms with van der Waals surface area (Å²) in [6.45, 7) is 6.85. The van der Waals surface area contributed by atoms with Crippen LogP contribution in [0.4, 0.5) is 16.4 Å². The molecule has 0 aliphatic heterocycles. The quantitative estimate of drug-likeness (QED) is 0.617. The summed E-state index contributed by atoms with van der Waals surface area (Å²) in [6.07, 6.45) is 0. The van der Waals surface area contributed by atoms with E-state index < -0.39 is 0 Å². The lowest BCUT2D eigenvalue weighted by Gasteiger charge is -2.21. The van der Waals surface area contributed by atoms with E-state index in [4.69, 9.17) is 0 Å². The number of anilines is 2. The first-order chi connectivity index (χ1) is 10.1. The van der Waals surface area contributed by atoms with Gasteiger partial charge < -0.3 is 10.2 Å². The third-order valence-corrected chi connectivity index (χ3v) is 4.33. The molecule has 0 unspecified atom stereocenters. The Morgan fingerprint density at radius 1 is 1.14 bits per heavy atom. The highest BCUT2D eigenvalue weighted by Crippen LogP contribution is 2.25. The van der Waals surface area contributed by atoms with Crippen molar-refractivity contribution < 1.29 is 4.92 Å². The summed E-state index contributed by atoms with van der Waals surface area (Å²) in [5, 5.41) is 14.1. The first-order valence-electron chi connectivity index (χ1n) is 6.96. The van der Waals surface area contributed by atoms with E-state index in [9.17, 15) is 10.1 Å². The molecule has 112 valence electrons. The highest BCUT2D eigenvalue weighted by molar-refractivity contribution is 7.15. The summed E-state index contributed by atoms with van der Waals surface area (Å²) in [7, 11) is 0. The molecule has 0 radical (unpaired) electrons. The van der Waals surface area contributed by atoms with Gasteiger partial charge in [-0.05, 0) is 44.2 Å². The molecule has 0 bridgehead atoms. The molecule has 0 fully saturated rings. The van der Waals surface area contributed by atoms with E-state index >= 15 is 0 Å². The predicted octanol–water partition coefficient (Wildman–Crippen LogP) is 4.11. The zero-order valence-electron chi connectivity index (χ0n) is 12.2. The average molecular weight is 305 g/mol. The van der Waals surface area contributed by atoms with Gasteiger partial charge >= 0.3 is 5.00 Å². The van der Waals surface area contributed by atoms with Gasteiger partial charge in [-0.25, -0.2) is 0 Å². The molecule has 1 aromatic heterocycles. The minimum Gasteiger partial charge on any atom is -0.380 e. The summed E-state index contributed by atoms with van der Waals surface area (Å²) in [4.78, 5) is 13.5. The number of benzene rings is 1. The van der Waals surface area contributed by atoms with Crippen LogP contribution in [0.1, 0.15) is 18.7 Å². The number of nitrogens with zero attached hydrogens (tertiary/aromatic N) is 2. The minimum atomic E-state index is -0.354. The molecule has 1 heterocycles. The summed E-state index contributed by atoms with van der Waals surface area (Å²) in [5.41, 5.74) is 2.22. The second-order valence-corrected chi connectivity index (χ2v) is 5.72. The van der Waals surface area contributed by atoms with Crippen LogP contribution in [0, 0.1) is 10.1 Å². The van der Waals surface area contributed by atoms with E-state index in [1.807, 2.05) is 12.1 Å². The Balaban J connectivity index is 1.95. The van der Waals surface area contributed by atoms with Crippen LogP contribution in [0.15, 0.2) is 36.4 Å². The number of thiophene rings is 1. The normalized spacial score (nSPS) is 10.4. The Labute approximate surface area is 128 Å². The molecule has 1 N–H and O–H groups in total. The molecule has 0 atom stereocenters. The highest BCUT2D eigenvalue weighted by Gasteiger charge is 2.09. The van der Waals surface area contributed by atoms with Crippen molar-refractivity contribution in [2.45, 2.75) is 20.4 Å². The zero-order chi connectivity index (χ0) is 15.2. The van der Waals surface area contributed by atoms with Crippen molar-refractivity contribution in [1.29, 1.82) is 0 Å². The Morgan fingerprint density at radius 3 is 2.33 bits per heavy atom. The summed E-state index contributed by atoms with van der Waals surface area (Å²) >= 11 is 1.21. The van der Waals surface area contributed by atoms with E-state index in [2.05, 4.69) is 36.2 Å². The van der Waals surface area contributed by atoms with E-state index in [-0.39, 0.29) is 9.92 Å². The van der Waals surface area contributed by atoms with Gasteiger partial charge in [-0.1, -0.05) is 11.3 Å². The first kappa shape index (κ1) is 15.3. The molecule has 1 aromatic carbocycles. The van der Waals surface area contributed by atoms with Crippen LogP contribution in [0.2, 0.25) is 0 Å². The van der Waals surface area contributed by atoms with Crippen molar-refractivity contribution in [3.8, 4) is 0 Å². The first-order valence-corrected chi connectivity index (χ1v) is 7.77. The standard InChI is InChI=1S/C15H19N3O2S/c1-3-17(4-2)13-7-5-12(6-8-13)16-11-14-9-10-15(21-14)18(19)20/h5-10,16H,3-4,11H2,1-2H3. The smallest absolute Gasteiger partial charge is 0.324 e. The Hall–Kier alpha value is -2.08. The molecule has 2 aromatic rings. The minimum absolute atomic E-state index is 0.184. The molecule has 0 spiro atoms. The summed E-state index contributed by atoms with van der Waals surface area (Å²) < 4.78 is 0. The largest absolute Gasteiger partial charge is 0.380 e. The topological polar surface area (TPSA) is 58.4 Å². The molecule has 21 heavy (non-hydrogen) atoms. The van der Waals surface area contributed by atoms with Crippen molar-refractivity contribution in [1.82, 2.24) is 0 Å². The second kappa shape index (κ2) is 7.08. The van der Waals surface area contributed by atoms with Gasteiger partial charge in [0.2, 0.25) is 0 Å². The Bertz CT molecular complexity index is 591. The maximum absolute atomic E-state index is 10.6. The van der Waals surface area contributed by atoms with Gasteiger partial charge in [0.15, 0.2) is 0 Å². The number of hydrogen-bond donors (Lipinski definition) is 1. The lowest BCUT2D eigenvalue weighted by atomic mass is 10.2. The Morgan fingerprint density at radius 2 is 1.81 bits per heavy atom. The maximum atomic E-state index is 10.6. The van der Waals surface area contributed by atoms with Gasteiger partial charge in [-0.2, -0.15) is 0 Å². The van der Waals surface area contributed by atoms with E-state index in [1.54, 1.807) is 12.1 Å². The molecule has 0 saturated heterocycles. The van der Waals surface area contributed by atoms with Crippen molar-refractivity contribution in [3.05, 3.63) is 51.4 Å². The van der Waals surface area contributed by atoms with Gasteiger partial charge in [0.1, 0.15) is 0 Å². The molecular formula is C15H19N3O2S. The highest BCUT2D eigenvalue weighted by atomic mass is 32.1. The molecule has 0 aliphatic rings. The fraction of sp³-hybridized carbons (Fsp3) is 0.333. The summed E-state index contributed by atoms with van der Waals surface area (Å²) in [6, 6.07) is 11.6. The number of nitro groups is 1. The SMILES string of the molecule is CCN(CC)c1ccc(NCc2ccc([N+](=O)[O-])s2)cc1. The number of nitrogens with one attached hydrogen (secondary N) is 1. The predicted molar refractivity (Wildman–Crippen MR) is 88.3 cm³/mol. The van der Waals surface area contributed by atoms with Crippen LogP contribution in [-0.2, 0) is 6.54 Å². The second-order valence-electron chi connectivity index (χ2n) is 4.57. The third-order valence-electron chi connectivity index (χ3n) is 3.29. The van der Waals surface area contributed by atoms with Crippen molar-refractivity contribution in [3.63, 3.8) is 0 Å². The van der Waals surface area contributed by atoms with Gasteiger partial charge in [0.05, 0.1) is 4.92 Å². The molecule has 5 nitrogen and oxygen atoms in total. The fourth-order valence-electron chi connectivity index (χ4n) is 2.13. The summed E-state index contributed by atoms with van der Waals surface area (Å²) in [5.74, 6) is 0. The Kier molecular flexibility index (Phi) is 5.16. The van der Waals surface area contributed by atoms with Crippen molar-refractivity contribution in [2.24, 2.45) is 0 Å². The molecule has 0 aliphatic carbocycles. The third kappa shape index (κ3) is 3.95.